The van der Waals surface area contributed by atoms with Gasteiger partial charge in [-0.1, -0.05) is 17.7 Å². The highest BCUT2D eigenvalue weighted by molar-refractivity contribution is 6.30. The number of rotatable bonds is 5. The number of nitrogens with one attached hydrogen (secondary N) is 1. The van der Waals surface area contributed by atoms with Crippen LogP contribution in [0.2, 0.25) is 5.02 Å². The van der Waals surface area contributed by atoms with Gasteiger partial charge in [0.15, 0.2) is 12.3 Å². The van der Waals surface area contributed by atoms with Gasteiger partial charge < -0.3 is 10.1 Å². The molecule has 0 radical (unpaired) electrons. The van der Waals surface area contributed by atoms with Crippen LogP contribution in [0.5, 0.6) is 5.88 Å². The molecule has 1 aromatic carbocycles. The van der Waals surface area contributed by atoms with Crippen molar-refractivity contribution in [3.63, 3.8) is 0 Å². The van der Waals surface area contributed by atoms with Gasteiger partial charge in [0.1, 0.15) is 5.82 Å². The number of anilines is 1. The zero-order valence-corrected chi connectivity index (χ0v) is 15.1. The van der Waals surface area contributed by atoms with Crippen LogP contribution in [0.15, 0.2) is 48.8 Å². The first kappa shape index (κ1) is 20.5. The molecule has 3 rings (SSSR count). The number of alkyl halides is 3. The Hall–Kier alpha value is -3.27. The molecule has 6 nitrogen and oxygen atoms in total. The maximum Gasteiger partial charge on any atom is 0.422 e. The van der Waals surface area contributed by atoms with Gasteiger partial charge in [0.2, 0.25) is 5.88 Å². The Morgan fingerprint density at radius 3 is 2.66 bits per heavy atom. The Kier molecular flexibility index (Phi) is 5.92. The van der Waals surface area contributed by atoms with E-state index in [1.165, 1.54) is 36.5 Å². The Morgan fingerprint density at radius 2 is 2.00 bits per heavy atom. The molecule has 11 heteroatoms. The number of aromatic nitrogens is 3. The van der Waals surface area contributed by atoms with Crippen LogP contribution < -0.4 is 10.1 Å². The Bertz CT molecular complexity index is 1030. The quantitative estimate of drug-likeness (QED) is 0.607. The van der Waals surface area contributed by atoms with E-state index in [9.17, 15) is 22.4 Å². The first-order valence-electron chi connectivity index (χ1n) is 7.97. The average Bonchev–Trinajstić information content (AvgIpc) is 2.69. The molecule has 0 aliphatic carbocycles. The SMILES string of the molecule is O=C(Nc1cnc(OCC(F)(F)F)c(-c2ccc(Cl)c(F)c2)c1)c1cccnn1. The summed E-state index contributed by atoms with van der Waals surface area (Å²) >= 11 is 5.66. The van der Waals surface area contributed by atoms with Crippen molar-refractivity contribution in [2.75, 3.05) is 11.9 Å². The lowest BCUT2D eigenvalue weighted by Crippen LogP contribution is -2.20. The molecule has 150 valence electrons. The molecule has 0 bridgehead atoms. The van der Waals surface area contributed by atoms with E-state index < -0.39 is 24.5 Å². The first-order chi connectivity index (χ1) is 13.7. The van der Waals surface area contributed by atoms with Crippen molar-refractivity contribution in [2.45, 2.75) is 6.18 Å². The fraction of sp³-hybridized carbons (Fsp3) is 0.111. The molecule has 0 aliphatic rings. The van der Waals surface area contributed by atoms with Crippen LogP contribution in [0.25, 0.3) is 11.1 Å². The summed E-state index contributed by atoms with van der Waals surface area (Å²) in [5, 5.41) is 9.57. The lowest BCUT2D eigenvalue weighted by Gasteiger charge is -2.14. The number of benzene rings is 1. The van der Waals surface area contributed by atoms with Gasteiger partial charge in [-0.3, -0.25) is 4.79 Å². The Balaban J connectivity index is 1.95. The largest absolute Gasteiger partial charge is 0.468 e. The molecule has 0 aliphatic heterocycles. The van der Waals surface area contributed by atoms with E-state index in [-0.39, 0.29) is 33.4 Å². The van der Waals surface area contributed by atoms with Crippen LogP contribution in [0.3, 0.4) is 0 Å². The molecular weight excluding hydrogens is 416 g/mol. The van der Waals surface area contributed by atoms with Gasteiger partial charge in [-0.2, -0.15) is 18.3 Å². The van der Waals surface area contributed by atoms with E-state index in [1.807, 2.05) is 0 Å². The summed E-state index contributed by atoms with van der Waals surface area (Å²) in [6.07, 6.45) is -2.10. The van der Waals surface area contributed by atoms with Crippen LogP contribution in [0.1, 0.15) is 10.5 Å². The fourth-order valence-corrected chi connectivity index (χ4v) is 2.39. The van der Waals surface area contributed by atoms with Crippen LogP contribution in [-0.2, 0) is 0 Å². The molecule has 1 N–H and O–H groups in total. The van der Waals surface area contributed by atoms with Crippen LogP contribution in [-0.4, -0.2) is 33.9 Å². The zero-order valence-electron chi connectivity index (χ0n) is 14.4. The molecule has 0 saturated carbocycles. The molecular formula is C18H11ClF4N4O2. The number of halogens is 5. The smallest absolute Gasteiger partial charge is 0.422 e. The number of carbonyl (C=O) groups is 1. The second-order valence-corrected chi connectivity index (χ2v) is 6.08. The molecule has 2 aromatic heterocycles. The van der Waals surface area contributed by atoms with Crippen LogP contribution >= 0.6 is 11.6 Å². The molecule has 0 atom stereocenters. The minimum absolute atomic E-state index is 0.0176. The van der Waals surface area contributed by atoms with Gasteiger partial charge in [0.05, 0.1) is 16.9 Å². The number of amides is 1. The van der Waals surface area contributed by atoms with Crippen molar-refractivity contribution in [3.8, 4) is 17.0 Å². The maximum atomic E-state index is 13.8. The fourth-order valence-electron chi connectivity index (χ4n) is 2.27. The number of ether oxygens (including phenoxy) is 1. The summed E-state index contributed by atoms with van der Waals surface area (Å²) in [6.45, 7) is -1.59. The third-order valence-electron chi connectivity index (χ3n) is 3.52. The topological polar surface area (TPSA) is 77.0 Å². The molecule has 1 amide bonds. The Morgan fingerprint density at radius 1 is 1.21 bits per heavy atom. The number of hydrogen-bond donors (Lipinski definition) is 1. The van der Waals surface area contributed by atoms with Crippen molar-refractivity contribution < 1.29 is 27.1 Å². The third kappa shape index (κ3) is 5.38. The van der Waals surface area contributed by atoms with Crippen molar-refractivity contribution in [1.29, 1.82) is 0 Å². The lowest BCUT2D eigenvalue weighted by molar-refractivity contribution is -0.154. The number of nitrogens with zero attached hydrogens (tertiary/aromatic N) is 3. The van der Waals surface area contributed by atoms with Crippen molar-refractivity contribution in [2.24, 2.45) is 0 Å². The van der Waals surface area contributed by atoms with Gasteiger partial charge in [0, 0.05) is 11.8 Å². The average molecular weight is 427 g/mol. The lowest BCUT2D eigenvalue weighted by atomic mass is 10.1. The van der Waals surface area contributed by atoms with E-state index in [0.29, 0.717) is 0 Å². The second kappa shape index (κ2) is 8.39. The summed E-state index contributed by atoms with van der Waals surface area (Å²) in [4.78, 5) is 16.0. The zero-order chi connectivity index (χ0) is 21.0. The highest BCUT2D eigenvalue weighted by Gasteiger charge is 2.29. The van der Waals surface area contributed by atoms with Gasteiger partial charge in [-0.05, 0) is 35.9 Å². The first-order valence-corrected chi connectivity index (χ1v) is 8.35. The van der Waals surface area contributed by atoms with Gasteiger partial charge in [0.25, 0.3) is 5.91 Å². The van der Waals surface area contributed by atoms with E-state index in [0.717, 1.165) is 12.3 Å². The summed E-state index contributed by atoms with van der Waals surface area (Å²) in [7, 11) is 0. The van der Waals surface area contributed by atoms with Crippen molar-refractivity contribution >= 4 is 23.2 Å². The maximum absolute atomic E-state index is 13.8. The summed E-state index contributed by atoms with van der Waals surface area (Å²) in [6, 6.07) is 7.88. The minimum Gasteiger partial charge on any atom is -0.468 e. The van der Waals surface area contributed by atoms with Gasteiger partial charge >= 0.3 is 6.18 Å². The van der Waals surface area contributed by atoms with Crippen molar-refractivity contribution in [3.05, 3.63) is 65.3 Å². The van der Waals surface area contributed by atoms with Crippen LogP contribution in [0, 0.1) is 5.82 Å². The standard InChI is InChI=1S/C18H11ClF4N4O2/c19-13-4-3-10(6-14(13)20)12-7-11(8-24-17(12)29-9-18(21,22)23)26-16(28)15-2-1-5-25-27-15/h1-8H,9H2,(H,26,28). The summed E-state index contributed by atoms with van der Waals surface area (Å²) in [5.74, 6) is -1.78. The molecule has 3 aromatic rings. The van der Waals surface area contributed by atoms with E-state index in [4.69, 9.17) is 16.3 Å². The normalized spacial score (nSPS) is 11.2. The predicted octanol–water partition coefficient (Wildman–Crippen LogP) is 4.52. The number of carbonyl (C=O) groups excluding carboxylic acids is 1. The third-order valence-corrected chi connectivity index (χ3v) is 3.82. The van der Waals surface area contributed by atoms with Gasteiger partial charge in [-0.15, -0.1) is 5.10 Å². The number of hydrogen-bond acceptors (Lipinski definition) is 5. The highest BCUT2D eigenvalue weighted by atomic mass is 35.5. The van der Waals surface area contributed by atoms with E-state index in [1.54, 1.807) is 0 Å². The molecule has 0 spiro atoms. The van der Waals surface area contributed by atoms with E-state index >= 15 is 0 Å². The predicted molar refractivity (Wildman–Crippen MR) is 96.2 cm³/mol. The summed E-state index contributed by atoms with van der Waals surface area (Å²) in [5.41, 5.74) is 0.336. The van der Waals surface area contributed by atoms with Crippen molar-refractivity contribution in [1.82, 2.24) is 15.2 Å². The Labute approximate surface area is 166 Å². The molecule has 0 unspecified atom stereocenters. The molecule has 29 heavy (non-hydrogen) atoms. The van der Waals surface area contributed by atoms with Gasteiger partial charge in [-0.25, -0.2) is 9.37 Å². The molecule has 0 fully saturated rings. The highest BCUT2D eigenvalue weighted by Crippen LogP contribution is 2.33. The number of pyridine rings is 1. The van der Waals surface area contributed by atoms with E-state index in [2.05, 4.69) is 20.5 Å². The second-order valence-electron chi connectivity index (χ2n) is 5.67. The molecule has 0 saturated heterocycles. The molecule has 2 heterocycles. The minimum atomic E-state index is -4.59. The van der Waals surface area contributed by atoms with Crippen LogP contribution in [0.4, 0.5) is 23.2 Å². The monoisotopic (exact) mass is 426 g/mol. The summed E-state index contributed by atoms with van der Waals surface area (Å²) < 4.78 is 56.2.